The van der Waals surface area contributed by atoms with E-state index < -0.39 is 10.0 Å². The molecule has 172 valence electrons. The van der Waals surface area contributed by atoms with Crippen molar-refractivity contribution in [3.63, 3.8) is 0 Å². The van der Waals surface area contributed by atoms with Gasteiger partial charge < -0.3 is 19.4 Å². The third-order valence-electron chi connectivity index (χ3n) is 5.15. The molecule has 0 bridgehead atoms. The summed E-state index contributed by atoms with van der Waals surface area (Å²) in [6.07, 6.45) is 5.18. The second-order valence-electron chi connectivity index (χ2n) is 7.46. The number of anilines is 2. The molecule has 1 aliphatic rings. The summed E-state index contributed by atoms with van der Waals surface area (Å²) < 4.78 is 40.8. The van der Waals surface area contributed by atoms with Crippen molar-refractivity contribution in [2.75, 3.05) is 23.3 Å². The van der Waals surface area contributed by atoms with E-state index in [0.29, 0.717) is 41.7 Å². The molecule has 0 fully saturated rings. The molecule has 1 aliphatic heterocycles. The summed E-state index contributed by atoms with van der Waals surface area (Å²) in [5.41, 5.74) is 2.28. The average Bonchev–Trinajstić information content (AvgIpc) is 3.40. The van der Waals surface area contributed by atoms with E-state index in [-0.39, 0.29) is 10.8 Å². The van der Waals surface area contributed by atoms with Gasteiger partial charge in [0, 0.05) is 41.1 Å². The lowest BCUT2D eigenvalue weighted by molar-refractivity contribution is 0.102. The van der Waals surface area contributed by atoms with Crippen LogP contribution in [0.2, 0.25) is 0 Å². The quantitative estimate of drug-likeness (QED) is 0.439. The van der Waals surface area contributed by atoms with Gasteiger partial charge in [0.25, 0.3) is 15.9 Å². The van der Waals surface area contributed by atoms with E-state index in [4.69, 9.17) is 9.47 Å². The Kier molecular flexibility index (Phi) is 5.64. The number of sulfonamides is 1. The largest absolute Gasteiger partial charge is 0.486 e. The first-order valence-electron chi connectivity index (χ1n) is 10.4. The first-order chi connectivity index (χ1) is 16.5. The number of ether oxygens (including phenoxy) is 2. The number of hydrogen-bond donors (Lipinski definition) is 2. The van der Waals surface area contributed by atoms with Gasteiger partial charge in [-0.1, -0.05) is 0 Å². The molecule has 2 heterocycles. The molecule has 0 unspecified atom stereocenters. The van der Waals surface area contributed by atoms with Gasteiger partial charge in [-0.05, 0) is 60.7 Å². The first-order valence-corrected chi connectivity index (χ1v) is 11.9. The Hall–Kier alpha value is -4.31. The molecule has 0 saturated carbocycles. The second-order valence-corrected chi connectivity index (χ2v) is 9.14. The van der Waals surface area contributed by atoms with Gasteiger partial charge in [-0.2, -0.15) is 0 Å². The number of rotatable bonds is 6. The third-order valence-corrected chi connectivity index (χ3v) is 6.53. The Bertz CT molecular complexity index is 1420. The molecule has 3 aromatic carbocycles. The summed E-state index contributed by atoms with van der Waals surface area (Å²) in [5, 5.41) is 2.80. The van der Waals surface area contributed by atoms with Crippen molar-refractivity contribution >= 4 is 27.3 Å². The summed E-state index contributed by atoms with van der Waals surface area (Å²) in [6, 6.07) is 18.0. The van der Waals surface area contributed by atoms with Crippen LogP contribution in [-0.4, -0.2) is 37.1 Å². The third kappa shape index (κ3) is 4.57. The van der Waals surface area contributed by atoms with Crippen LogP contribution >= 0.6 is 0 Å². The number of nitrogens with zero attached hydrogens (tertiary/aromatic N) is 2. The molecule has 5 rings (SSSR count). The normalized spacial score (nSPS) is 12.7. The molecule has 0 spiro atoms. The lowest BCUT2D eigenvalue weighted by atomic mass is 10.2. The molecule has 0 radical (unpaired) electrons. The van der Waals surface area contributed by atoms with Gasteiger partial charge in [0.1, 0.15) is 13.2 Å². The Labute approximate surface area is 196 Å². The molecule has 9 nitrogen and oxygen atoms in total. The van der Waals surface area contributed by atoms with Crippen molar-refractivity contribution in [3.05, 3.63) is 91.0 Å². The monoisotopic (exact) mass is 476 g/mol. The van der Waals surface area contributed by atoms with E-state index in [0.717, 1.165) is 5.69 Å². The van der Waals surface area contributed by atoms with Crippen LogP contribution in [-0.2, 0) is 10.0 Å². The zero-order valence-corrected chi connectivity index (χ0v) is 18.7. The van der Waals surface area contributed by atoms with Crippen molar-refractivity contribution in [3.8, 4) is 17.2 Å². The van der Waals surface area contributed by atoms with Gasteiger partial charge in [-0.3, -0.25) is 9.52 Å². The molecule has 4 aromatic rings. The highest BCUT2D eigenvalue weighted by atomic mass is 32.2. The van der Waals surface area contributed by atoms with Gasteiger partial charge in [-0.15, -0.1) is 0 Å². The minimum Gasteiger partial charge on any atom is -0.486 e. The molecule has 0 atom stereocenters. The average molecular weight is 477 g/mol. The number of fused-ring (bicyclic) bond motifs is 1. The SMILES string of the molecule is O=C(Nc1ccc(NS(=O)(=O)c2ccc3c(c2)OCCO3)cc1)c1ccc(-n2ccnc2)cc1. The van der Waals surface area contributed by atoms with Crippen LogP contribution in [0.15, 0.2) is 90.3 Å². The number of hydrogen-bond acceptors (Lipinski definition) is 6. The van der Waals surface area contributed by atoms with Crippen molar-refractivity contribution in [1.29, 1.82) is 0 Å². The Morgan fingerprint density at radius 3 is 2.29 bits per heavy atom. The minimum absolute atomic E-state index is 0.0632. The Balaban J connectivity index is 1.24. The van der Waals surface area contributed by atoms with E-state index in [2.05, 4.69) is 15.0 Å². The number of aromatic nitrogens is 2. The summed E-state index contributed by atoms with van der Waals surface area (Å²) in [6.45, 7) is 0.795. The smallest absolute Gasteiger partial charge is 0.262 e. The Morgan fingerprint density at radius 1 is 0.882 bits per heavy atom. The van der Waals surface area contributed by atoms with Gasteiger partial charge in [0.05, 0.1) is 11.2 Å². The zero-order chi connectivity index (χ0) is 23.5. The van der Waals surface area contributed by atoms with Crippen LogP contribution in [0.25, 0.3) is 5.69 Å². The van der Waals surface area contributed by atoms with E-state index in [9.17, 15) is 13.2 Å². The van der Waals surface area contributed by atoms with Crippen molar-refractivity contribution in [2.24, 2.45) is 0 Å². The van der Waals surface area contributed by atoms with E-state index >= 15 is 0 Å². The predicted octanol–water partition coefficient (Wildman–Crippen LogP) is 3.70. The first kappa shape index (κ1) is 21.5. The highest BCUT2D eigenvalue weighted by Gasteiger charge is 2.19. The Morgan fingerprint density at radius 2 is 1.59 bits per heavy atom. The fraction of sp³-hybridized carbons (Fsp3) is 0.0833. The number of carbonyl (C=O) groups excluding carboxylic acids is 1. The highest BCUT2D eigenvalue weighted by molar-refractivity contribution is 7.92. The number of carbonyl (C=O) groups is 1. The molecular formula is C24H20N4O5S. The summed E-state index contributed by atoms with van der Waals surface area (Å²) >= 11 is 0. The molecular weight excluding hydrogens is 456 g/mol. The maximum Gasteiger partial charge on any atom is 0.262 e. The fourth-order valence-electron chi connectivity index (χ4n) is 3.43. The molecule has 1 amide bonds. The van der Waals surface area contributed by atoms with Crippen LogP contribution < -0.4 is 19.5 Å². The maximum absolute atomic E-state index is 12.8. The van der Waals surface area contributed by atoms with Crippen LogP contribution in [0.1, 0.15) is 10.4 Å². The van der Waals surface area contributed by atoms with Gasteiger partial charge in [0.2, 0.25) is 0 Å². The lowest BCUT2D eigenvalue weighted by Crippen LogP contribution is -2.17. The molecule has 0 saturated heterocycles. The lowest BCUT2D eigenvalue weighted by Gasteiger charge is -2.19. The highest BCUT2D eigenvalue weighted by Crippen LogP contribution is 2.32. The number of benzene rings is 3. The van der Waals surface area contributed by atoms with Gasteiger partial charge in [0.15, 0.2) is 11.5 Å². The van der Waals surface area contributed by atoms with Gasteiger partial charge >= 0.3 is 0 Å². The molecule has 34 heavy (non-hydrogen) atoms. The van der Waals surface area contributed by atoms with E-state index in [1.54, 1.807) is 55.0 Å². The summed E-state index contributed by atoms with van der Waals surface area (Å²) in [4.78, 5) is 16.6. The topological polar surface area (TPSA) is 112 Å². The van der Waals surface area contributed by atoms with Gasteiger partial charge in [-0.25, -0.2) is 13.4 Å². The standard InChI is InChI=1S/C24H20N4O5S/c29-24(17-1-7-20(8-2-17)28-12-11-25-16-28)26-18-3-5-19(6-4-18)27-34(30,31)21-9-10-22-23(15-21)33-14-13-32-22/h1-12,15-16,27H,13-14H2,(H,26,29). The van der Waals surface area contributed by atoms with E-state index in [1.807, 2.05) is 22.9 Å². The fourth-order valence-corrected chi connectivity index (χ4v) is 4.50. The van der Waals surface area contributed by atoms with Crippen molar-refractivity contribution in [2.45, 2.75) is 4.90 Å². The molecule has 1 aromatic heterocycles. The summed E-state index contributed by atoms with van der Waals surface area (Å²) in [5.74, 6) is 0.633. The van der Waals surface area contributed by atoms with Crippen LogP contribution in [0.5, 0.6) is 11.5 Å². The van der Waals surface area contributed by atoms with Crippen LogP contribution in [0.4, 0.5) is 11.4 Å². The van der Waals surface area contributed by atoms with Crippen molar-refractivity contribution in [1.82, 2.24) is 9.55 Å². The van der Waals surface area contributed by atoms with Crippen LogP contribution in [0.3, 0.4) is 0 Å². The van der Waals surface area contributed by atoms with Crippen molar-refractivity contribution < 1.29 is 22.7 Å². The maximum atomic E-state index is 12.8. The summed E-state index contributed by atoms with van der Waals surface area (Å²) in [7, 11) is -3.83. The number of nitrogens with one attached hydrogen (secondary N) is 2. The second kappa shape index (κ2) is 8.91. The van der Waals surface area contributed by atoms with E-state index in [1.165, 1.54) is 12.1 Å². The minimum atomic E-state index is -3.83. The predicted molar refractivity (Wildman–Crippen MR) is 126 cm³/mol. The van der Waals surface area contributed by atoms with Crippen LogP contribution in [0, 0.1) is 0 Å². The molecule has 0 aliphatic carbocycles. The molecule has 2 N–H and O–H groups in total. The zero-order valence-electron chi connectivity index (χ0n) is 17.8. The molecule has 10 heteroatoms. The number of imidazole rings is 1. The number of amides is 1.